The molecule has 3 heterocycles. The van der Waals surface area contributed by atoms with Crippen molar-refractivity contribution in [2.24, 2.45) is 0 Å². The number of nitrogens with one attached hydrogen (secondary N) is 2. The summed E-state index contributed by atoms with van der Waals surface area (Å²) in [5, 5.41) is 3.88. The Kier molecular flexibility index (Phi) is 5.89. The molecule has 202 valence electrons. The van der Waals surface area contributed by atoms with Gasteiger partial charge >= 0.3 is 6.03 Å². The van der Waals surface area contributed by atoms with Crippen molar-refractivity contribution in [2.45, 2.75) is 25.0 Å². The molecule has 0 saturated carbocycles. The van der Waals surface area contributed by atoms with E-state index >= 15 is 0 Å². The fourth-order valence-electron chi connectivity index (χ4n) is 6.02. The molecule has 7 nitrogen and oxygen atoms in total. The van der Waals surface area contributed by atoms with Gasteiger partial charge in [-0.25, -0.2) is 14.1 Å². The number of fused-ring (bicyclic) bond motifs is 4. The lowest BCUT2D eigenvalue weighted by molar-refractivity contribution is -0.120. The summed E-state index contributed by atoms with van der Waals surface area (Å²) in [6.07, 6.45) is 0.320. The van der Waals surface area contributed by atoms with Crippen LogP contribution in [0.4, 0.5) is 14.9 Å². The Labute approximate surface area is 235 Å². The molecule has 7 rings (SSSR count). The number of anilines is 1. The van der Waals surface area contributed by atoms with Gasteiger partial charge in [-0.15, -0.1) is 0 Å². The van der Waals surface area contributed by atoms with Crippen LogP contribution in [0, 0.1) is 5.82 Å². The number of imide groups is 1. The van der Waals surface area contributed by atoms with Crippen molar-refractivity contribution in [3.05, 3.63) is 137 Å². The number of nitrogens with zero attached hydrogens (tertiary/aromatic N) is 2. The lowest BCUT2D eigenvalue weighted by Gasteiger charge is -2.36. The van der Waals surface area contributed by atoms with Crippen molar-refractivity contribution in [2.75, 3.05) is 4.90 Å². The molecule has 0 radical (unpaired) electrons. The minimum atomic E-state index is -0.787. The molecule has 4 aromatic carbocycles. The van der Waals surface area contributed by atoms with Crippen LogP contribution in [-0.2, 0) is 17.8 Å². The van der Waals surface area contributed by atoms with Gasteiger partial charge in [0, 0.05) is 29.6 Å². The van der Waals surface area contributed by atoms with E-state index in [0.717, 1.165) is 32.6 Å². The highest BCUT2D eigenvalue weighted by atomic mass is 19.1. The van der Waals surface area contributed by atoms with Gasteiger partial charge in [-0.05, 0) is 47.0 Å². The third-order valence-corrected chi connectivity index (χ3v) is 7.92. The number of hydrogen-bond donors (Lipinski definition) is 2. The molecule has 1 saturated heterocycles. The Morgan fingerprint density at radius 3 is 2.39 bits per heavy atom. The first-order chi connectivity index (χ1) is 20.0. The summed E-state index contributed by atoms with van der Waals surface area (Å²) in [4.78, 5) is 47.7. The zero-order valence-electron chi connectivity index (χ0n) is 21.9. The zero-order valence-corrected chi connectivity index (χ0v) is 21.9. The van der Waals surface area contributed by atoms with E-state index in [1.807, 2.05) is 54.6 Å². The molecule has 0 spiro atoms. The van der Waals surface area contributed by atoms with Crippen LogP contribution in [0.1, 0.15) is 38.8 Å². The van der Waals surface area contributed by atoms with Crippen LogP contribution in [0.2, 0.25) is 0 Å². The average molecular weight is 545 g/mol. The fourth-order valence-corrected chi connectivity index (χ4v) is 6.02. The predicted octanol–water partition coefficient (Wildman–Crippen LogP) is 5.72. The van der Waals surface area contributed by atoms with Gasteiger partial charge < -0.3 is 10.3 Å². The molecule has 8 heteroatoms. The number of urea groups is 1. The van der Waals surface area contributed by atoms with Crippen LogP contribution in [0.5, 0.6) is 0 Å². The summed E-state index contributed by atoms with van der Waals surface area (Å²) < 4.78 is 13.9. The molecule has 5 aromatic rings. The Morgan fingerprint density at radius 1 is 0.878 bits per heavy atom. The second kappa shape index (κ2) is 9.75. The van der Waals surface area contributed by atoms with Crippen molar-refractivity contribution >= 4 is 34.4 Å². The van der Waals surface area contributed by atoms with Gasteiger partial charge in [0.15, 0.2) is 0 Å². The number of para-hydroxylation sites is 2. The van der Waals surface area contributed by atoms with Crippen LogP contribution in [0.15, 0.2) is 103 Å². The number of carbonyl (C=O) groups excluding carboxylic acids is 3. The van der Waals surface area contributed by atoms with E-state index in [1.165, 1.54) is 12.1 Å². The van der Waals surface area contributed by atoms with Gasteiger partial charge in [0.2, 0.25) is 0 Å². The SMILES string of the molecule is O=C(NCc1ccccc1)c1ccccc1N1C(=O)[C@@H]2Cc3c([nH]c4ccccc34)C(c3ccc(F)cc3)N2C1=O. The lowest BCUT2D eigenvalue weighted by atomic mass is 9.89. The molecule has 2 atom stereocenters. The van der Waals surface area contributed by atoms with Crippen molar-refractivity contribution in [3.8, 4) is 0 Å². The predicted molar refractivity (Wildman–Crippen MR) is 153 cm³/mol. The van der Waals surface area contributed by atoms with Crippen molar-refractivity contribution in [3.63, 3.8) is 0 Å². The fraction of sp³-hybridized carbons (Fsp3) is 0.121. The minimum absolute atomic E-state index is 0.229. The molecular weight excluding hydrogens is 519 g/mol. The first-order valence-electron chi connectivity index (χ1n) is 13.4. The molecule has 4 amide bonds. The second-order valence-corrected chi connectivity index (χ2v) is 10.3. The summed E-state index contributed by atoms with van der Waals surface area (Å²) in [5.41, 5.74) is 4.73. The van der Waals surface area contributed by atoms with Crippen LogP contribution in [0.25, 0.3) is 10.9 Å². The first kappa shape index (κ1) is 24.8. The van der Waals surface area contributed by atoms with Crippen LogP contribution in [-0.4, -0.2) is 33.8 Å². The third-order valence-electron chi connectivity index (χ3n) is 7.92. The van der Waals surface area contributed by atoms with E-state index in [9.17, 15) is 18.8 Å². The minimum Gasteiger partial charge on any atom is -0.356 e. The Morgan fingerprint density at radius 2 is 1.59 bits per heavy atom. The van der Waals surface area contributed by atoms with Crippen molar-refractivity contribution < 1.29 is 18.8 Å². The molecule has 1 fully saturated rings. The Bertz CT molecular complexity index is 1820. The molecule has 1 aromatic heterocycles. The van der Waals surface area contributed by atoms with E-state index in [0.29, 0.717) is 18.5 Å². The number of hydrogen-bond acceptors (Lipinski definition) is 3. The summed E-state index contributed by atoms with van der Waals surface area (Å²) in [6.45, 7) is 0.305. The van der Waals surface area contributed by atoms with Gasteiger partial charge in [-0.3, -0.25) is 14.5 Å². The number of halogens is 1. The normalized spacial score (nSPS) is 18.0. The van der Waals surface area contributed by atoms with Gasteiger partial charge in [-0.1, -0.05) is 72.8 Å². The number of amides is 4. The lowest BCUT2D eigenvalue weighted by Crippen LogP contribution is -2.44. The van der Waals surface area contributed by atoms with Crippen molar-refractivity contribution in [1.29, 1.82) is 0 Å². The topological polar surface area (TPSA) is 85.5 Å². The van der Waals surface area contributed by atoms with E-state index in [1.54, 1.807) is 41.3 Å². The summed E-state index contributed by atoms with van der Waals surface area (Å²) in [5.74, 6) is -1.18. The molecule has 0 aliphatic carbocycles. The van der Waals surface area contributed by atoms with E-state index in [2.05, 4.69) is 10.3 Å². The average Bonchev–Trinajstić information content (AvgIpc) is 3.50. The molecule has 0 bridgehead atoms. The molecule has 41 heavy (non-hydrogen) atoms. The molecule has 2 N–H and O–H groups in total. The summed E-state index contributed by atoms with van der Waals surface area (Å²) in [7, 11) is 0. The quantitative estimate of drug-likeness (QED) is 0.278. The number of benzene rings is 4. The number of carbonyl (C=O) groups is 3. The van der Waals surface area contributed by atoms with Gasteiger partial charge in [0.1, 0.15) is 17.9 Å². The monoisotopic (exact) mass is 544 g/mol. The highest BCUT2D eigenvalue weighted by Gasteiger charge is 2.53. The molecule has 1 unspecified atom stereocenters. The summed E-state index contributed by atoms with van der Waals surface area (Å²) in [6, 6.07) is 28.0. The Hall–Kier alpha value is -5.24. The zero-order chi connectivity index (χ0) is 28.1. The maximum atomic E-state index is 14.2. The Balaban J connectivity index is 1.29. The van der Waals surface area contributed by atoms with Gasteiger partial charge in [-0.2, -0.15) is 0 Å². The highest BCUT2D eigenvalue weighted by Crippen LogP contribution is 2.45. The smallest absolute Gasteiger partial charge is 0.332 e. The van der Waals surface area contributed by atoms with Crippen LogP contribution in [0.3, 0.4) is 0 Å². The third kappa shape index (κ3) is 4.07. The maximum Gasteiger partial charge on any atom is 0.332 e. The molecule has 2 aliphatic heterocycles. The van der Waals surface area contributed by atoms with Gasteiger partial charge in [0.05, 0.1) is 11.3 Å². The number of aromatic amines is 1. The first-order valence-corrected chi connectivity index (χ1v) is 13.4. The van der Waals surface area contributed by atoms with E-state index in [-0.39, 0.29) is 23.0 Å². The van der Waals surface area contributed by atoms with Gasteiger partial charge in [0.25, 0.3) is 11.8 Å². The standard InChI is InChI=1S/C33H25FN4O3/c34-22-16-14-21(15-17-22)30-29-25(23-10-4-6-12-26(23)36-29)18-28-32(40)38(33(41)37(28)30)27-13-7-5-11-24(27)31(39)35-19-20-8-2-1-3-9-20/h1-17,28,30,36H,18-19H2,(H,35,39)/t28-,30?/m0/s1. The molecule has 2 aliphatic rings. The van der Waals surface area contributed by atoms with Crippen LogP contribution >= 0.6 is 0 Å². The van der Waals surface area contributed by atoms with Crippen molar-refractivity contribution in [1.82, 2.24) is 15.2 Å². The van der Waals surface area contributed by atoms with E-state index < -0.39 is 24.0 Å². The second-order valence-electron chi connectivity index (χ2n) is 10.3. The molecular formula is C33H25FN4O3. The number of rotatable bonds is 5. The summed E-state index contributed by atoms with van der Waals surface area (Å²) >= 11 is 0. The largest absolute Gasteiger partial charge is 0.356 e. The number of aromatic nitrogens is 1. The van der Waals surface area contributed by atoms with Crippen LogP contribution < -0.4 is 10.2 Å². The highest BCUT2D eigenvalue weighted by molar-refractivity contribution is 6.24. The number of H-pyrrole nitrogens is 1. The van der Waals surface area contributed by atoms with E-state index in [4.69, 9.17) is 0 Å². The maximum absolute atomic E-state index is 14.2.